The van der Waals surface area contributed by atoms with Gasteiger partial charge in [-0.05, 0) is 18.6 Å². The Hall–Kier alpha value is -1.08. The molecule has 1 N–H and O–H groups in total. The van der Waals surface area contributed by atoms with Crippen LogP contribution in [0.15, 0.2) is 11.0 Å². The van der Waals surface area contributed by atoms with E-state index in [-0.39, 0.29) is 0 Å². The van der Waals surface area contributed by atoms with Gasteiger partial charge in [0.25, 0.3) is 0 Å². The van der Waals surface area contributed by atoms with E-state index in [4.69, 9.17) is 4.55 Å². The van der Waals surface area contributed by atoms with Crippen LogP contribution in [0.1, 0.15) is 5.56 Å². The molecule has 0 spiro atoms. The Morgan fingerprint density at radius 3 is 2.14 bits per heavy atom. The van der Waals surface area contributed by atoms with Crippen molar-refractivity contribution < 1.29 is 26.1 Å². The predicted molar refractivity (Wildman–Crippen MR) is 40.9 cm³/mol. The van der Waals surface area contributed by atoms with Crippen molar-refractivity contribution in [1.82, 2.24) is 0 Å². The highest BCUT2D eigenvalue weighted by Crippen LogP contribution is 2.23. The second-order valence-corrected chi connectivity index (χ2v) is 3.97. The van der Waals surface area contributed by atoms with Crippen LogP contribution in [-0.4, -0.2) is 13.0 Å². The lowest BCUT2D eigenvalue weighted by atomic mass is 10.2. The van der Waals surface area contributed by atoms with Crippen LogP contribution in [-0.2, 0) is 10.1 Å². The van der Waals surface area contributed by atoms with Gasteiger partial charge in [-0.25, -0.2) is 13.2 Å². The molecular weight excluding hydrogens is 221 g/mol. The Labute approximate surface area is 77.9 Å². The predicted octanol–water partition coefficient (Wildman–Crippen LogP) is 1.66. The molecule has 0 radical (unpaired) electrons. The first-order valence-electron chi connectivity index (χ1n) is 3.36. The van der Waals surface area contributed by atoms with Crippen LogP contribution in [0, 0.1) is 24.4 Å². The third-order valence-corrected chi connectivity index (χ3v) is 2.43. The summed E-state index contributed by atoms with van der Waals surface area (Å²) in [6.07, 6.45) is 0. The molecule has 0 aliphatic rings. The van der Waals surface area contributed by atoms with Crippen molar-refractivity contribution in [2.75, 3.05) is 0 Å². The summed E-state index contributed by atoms with van der Waals surface area (Å²) < 4.78 is 67.8. The number of aryl methyl sites for hydroxylation is 1. The lowest BCUT2D eigenvalue weighted by molar-refractivity contribution is 0.429. The molecule has 7 heteroatoms. The summed E-state index contributed by atoms with van der Waals surface area (Å²) in [5.41, 5.74) is -0.406. The molecule has 3 nitrogen and oxygen atoms in total. The van der Waals surface area contributed by atoms with Crippen molar-refractivity contribution >= 4 is 10.1 Å². The van der Waals surface area contributed by atoms with Crippen molar-refractivity contribution in [3.05, 3.63) is 29.1 Å². The summed E-state index contributed by atoms with van der Waals surface area (Å²) in [5, 5.41) is 0. The van der Waals surface area contributed by atoms with E-state index in [9.17, 15) is 21.6 Å². The molecular formula is C7H5F3O3S. The Balaban J connectivity index is 3.74. The maximum atomic E-state index is 13.0. The summed E-state index contributed by atoms with van der Waals surface area (Å²) in [6, 6.07) is 0.499. The number of hydrogen-bond acceptors (Lipinski definition) is 2. The molecule has 78 valence electrons. The Morgan fingerprint density at radius 1 is 1.21 bits per heavy atom. The first-order chi connectivity index (χ1) is 6.25. The number of rotatable bonds is 1. The molecule has 1 aromatic rings. The van der Waals surface area contributed by atoms with Crippen LogP contribution in [0.2, 0.25) is 0 Å². The Bertz CT molecular complexity index is 455. The third-order valence-electron chi connectivity index (χ3n) is 1.56. The molecule has 0 aromatic heterocycles. The summed E-state index contributed by atoms with van der Waals surface area (Å²) in [7, 11) is -5.10. The summed E-state index contributed by atoms with van der Waals surface area (Å²) in [5.74, 6) is -4.95. The summed E-state index contributed by atoms with van der Waals surface area (Å²) >= 11 is 0. The van der Waals surface area contributed by atoms with Gasteiger partial charge in [0.1, 0.15) is 5.82 Å². The molecule has 0 saturated heterocycles. The first-order valence-corrected chi connectivity index (χ1v) is 4.80. The minimum Gasteiger partial charge on any atom is -0.282 e. The number of hydrogen-bond donors (Lipinski definition) is 1. The zero-order valence-electron chi connectivity index (χ0n) is 6.88. The van der Waals surface area contributed by atoms with Crippen molar-refractivity contribution in [1.29, 1.82) is 0 Å². The van der Waals surface area contributed by atoms with Gasteiger partial charge in [-0.3, -0.25) is 4.55 Å². The molecule has 0 fully saturated rings. The Kier molecular flexibility index (Phi) is 2.55. The lowest BCUT2D eigenvalue weighted by Crippen LogP contribution is -2.08. The molecule has 0 amide bonds. The fourth-order valence-electron chi connectivity index (χ4n) is 0.927. The van der Waals surface area contributed by atoms with E-state index >= 15 is 0 Å². The molecule has 0 atom stereocenters. The van der Waals surface area contributed by atoms with Crippen molar-refractivity contribution in [3.63, 3.8) is 0 Å². The lowest BCUT2D eigenvalue weighted by Gasteiger charge is -2.04. The van der Waals surface area contributed by atoms with Gasteiger partial charge in [-0.2, -0.15) is 8.42 Å². The van der Waals surface area contributed by atoms with Gasteiger partial charge < -0.3 is 0 Å². The highest BCUT2D eigenvalue weighted by atomic mass is 32.2. The van der Waals surface area contributed by atoms with E-state index in [0.29, 0.717) is 6.07 Å². The summed E-state index contributed by atoms with van der Waals surface area (Å²) in [6.45, 7) is 1.05. The fourth-order valence-corrected chi connectivity index (χ4v) is 1.64. The second kappa shape index (κ2) is 3.25. The minimum absolute atomic E-state index is 0.406. The van der Waals surface area contributed by atoms with E-state index in [0.717, 1.165) is 6.92 Å². The zero-order chi connectivity index (χ0) is 11.1. The molecule has 1 rings (SSSR count). The number of halogens is 3. The van der Waals surface area contributed by atoms with Gasteiger partial charge in [0.05, 0.1) is 0 Å². The summed E-state index contributed by atoms with van der Waals surface area (Å²) in [4.78, 5) is -1.66. The molecule has 0 aliphatic carbocycles. The molecule has 0 saturated carbocycles. The topological polar surface area (TPSA) is 54.4 Å². The average Bonchev–Trinajstić information content (AvgIpc) is 1.98. The molecule has 14 heavy (non-hydrogen) atoms. The SMILES string of the molecule is Cc1cc(F)c(F)c(S(=O)(=O)O)c1F. The van der Waals surface area contributed by atoms with Gasteiger partial charge in [0.15, 0.2) is 16.5 Å². The van der Waals surface area contributed by atoms with Crippen molar-refractivity contribution in [2.24, 2.45) is 0 Å². The molecule has 0 heterocycles. The monoisotopic (exact) mass is 226 g/mol. The van der Waals surface area contributed by atoms with E-state index in [1.54, 1.807) is 0 Å². The van der Waals surface area contributed by atoms with Crippen LogP contribution in [0.4, 0.5) is 13.2 Å². The molecule has 1 aromatic carbocycles. The van der Waals surface area contributed by atoms with Gasteiger partial charge in [0.2, 0.25) is 0 Å². The quantitative estimate of drug-likeness (QED) is 0.585. The number of benzene rings is 1. The van der Waals surface area contributed by atoms with Crippen LogP contribution in [0.5, 0.6) is 0 Å². The zero-order valence-corrected chi connectivity index (χ0v) is 7.70. The van der Waals surface area contributed by atoms with Crippen LogP contribution >= 0.6 is 0 Å². The van der Waals surface area contributed by atoms with E-state index in [1.807, 2.05) is 0 Å². The Morgan fingerprint density at radius 2 is 1.71 bits per heavy atom. The van der Waals surface area contributed by atoms with Gasteiger partial charge >= 0.3 is 10.1 Å². The van der Waals surface area contributed by atoms with E-state index in [1.165, 1.54) is 0 Å². The van der Waals surface area contributed by atoms with Gasteiger partial charge in [-0.1, -0.05) is 0 Å². The van der Waals surface area contributed by atoms with Crippen molar-refractivity contribution in [3.8, 4) is 0 Å². The molecule has 0 bridgehead atoms. The van der Waals surface area contributed by atoms with Crippen LogP contribution in [0.25, 0.3) is 0 Å². The normalized spacial score (nSPS) is 11.8. The maximum absolute atomic E-state index is 13.0. The van der Waals surface area contributed by atoms with Crippen LogP contribution < -0.4 is 0 Å². The van der Waals surface area contributed by atoms with E-state index in [2.05, 4.69) is 0 Å². The van der Waals surface area contributed by atoms with Gasteiger partial charge in [-0.15, -0.1) is 0 Å². The smallest absolute Gasteiger partial charge is 0.282 e. The van der Waals surface area contributed by atoms with Gasteiger partial charge in [0, 0.05) is 0 Å². The second-order valence-electron chi connectivity index (χ2n) is 2.61. The van der Waals surface area contributed by atoms with Crippen molar-refractivity contribution in [2.45, 2.75) is 11.8 Å². The molecule has 0 aliphatic heterocycles. The minimum atomic E-state index is -5.10. The van der Waals surface area contributed by atoms with E-state index < -0.39 is 38.0 Å². The largest absolute Gasteiger partial charge is 0.300 e. The maximum Gasteiger partial charge on any atom is 0.300 e. The molecule has 0 unspecified atom stereocenters. The fraction of sp³-hybridized carbons (Fsp3) is 0.143. The first kappa shape index (κ1) is 11.0. The standard InChI is InChI=1S/C7H5F3O3S/c1-3-2-4(8)6(10)7(5(3)9)14(11,12)13/h2H,1H3,(H,11,12,13). The highest BCUT2D eigenvalue weighted by molar-refractivity contribution is 7.85. The average molecular weight is 226 g/mol. The van der Waals surface area contributed by atoms with Crippen LogP contribution in [0.3, 0.4) is 0 Å². The highest BCUT2D eigenvalue weighted by Gasteiger charge is 2.26. The third kappa shape index (κ3) is 1.73.